The summed E-state index contributed by atoms with van der Waals surface area (Å²) < 4.78 is 7.00. The van der Waals surface area contributed by atoms with Crippen molar-refractivity contribution in [3.8, 4) is 6.07 Å². The molecular formula is C16H20N4O. The van der Waals surface area contributed by atoms with E-state index in [2.05, 4.69) is 29.2 Å². The van der Waals surface area contributed by atoms with E-state index < -0.39 is 0 Å². The van der Waals surface area contributed by atoms with Crippen molar-refractivity contribution < 1.29 is 4.74 Å². The average Bonchev–Trinajstić information content (AvgIpc) is 2.80. The Morgan fingerprint density at radius 2 is 2.29 bits per heavy atom. The first kappa shape index (κ1) is 14.0. The molecule has 5 nitrogen and oxygen atoms in total. The minimum absolute atomic E-state index is 0.261. The molecule has 0 saturated carbocycles. The summed E-state index contributed by atoms with van der Waals surface area (Å²) >= 11 is 0. The molecule has 0 aromatic carbocycles. The fraction of sp³-hybridized carbons (Fsp3) is 0.562. The molecular weight excluding hydrogens is 264 g/mol. The highest BCUT2D eigenvalue weighted by Gasteiger charge is 2.33. The van der Waals surface area contributed by atoms with Crippen molar-refractivity contribution in [2.24, 2.45) is 17.5 Å². The molecule has 1 aromatic rings. The summed E-state index contributed by atoms with van der Waals surface area (Å²) in [4.78, 5) is 4.34. The van der Waals surface area contributed by atoms with Gasteiger partial charge in [-0.2, -0.15) is 10.4 Å². The Labute approximate surface area is 124 Å². The van der Waals surface area contributed by atoms with Crippen LogP contribution in [0, 0.1) is 16.7 Å². The number of nitrogens with zero attached hydrogens (tertiary/aromatic N) is 4. The first-order chi connectivity index (χ1) is 10.1. The van der Waals surface area contributed by atoms with Gasteiger partial charge in [0.25, 0.3) is 0 Å². The van der Waals surface area contributed by atoms with E-state index in [4.69, 9.17) is 4.74 Å². The average molecular weight is 284 g/mol. The van der Waals surface area contributed by atoms with Crippen molar-refractivity contribution in [3.05, 3.63) is 23.0 Å². The maximum absolute atomic E-state index is 9.43. The second kappa shape index (κ2) is 5.45. The van der Waals surface area contributed by atoms with Crippen LogP contribution in [0.5, 0.6) is 0 Å². The minimum atomic E-state index is 0.261. The fourth-order valence-electron chi connectivity index (χ4n) is 2.88. The number of hydrogen-bond acceptors (Lipinski definition) is 4. The van der Waals surface area contributed by atoms with Gasteiger partial charge in [0, 0.05) is 36.4 Å². The lowest BCUT2D eigenvalue weighted by atomic mass is 9.82. The van der Waals surface area contributed by atoms with Gasteiger partial charge in [-0.05, 0) is 19.3 Å². The van der Waals surface area contributed by atoms with Crippen LogP contribution in [0.4, 0.5) is 0 Å². The van der Waals surface area contributed by atoms with E-state index in [9.17, 15) is 5.26 Å². The molecule has 1 saturated heterocycles. The van der Waals surface area contributed by atoms with Gasteiger partial charge < -0.3 is 4.74 Å². The van der Waals surface area contributed by atoms with Crippen LogP contribution in [0.1, 0.15) is 36.7 Å². The molecule has 0 amide bonds. The second-order valence-corrected chi connectivity index (χ2v) is 6.19. The molecule has 0 atom stereocenters. The van der Waals surface area contributed by atoms with Crippen molar-refractivity contribution in [2.75, 3.05) is 19.8 Å². The molecule has 1 aromatic heterocycles. The van der Waals surface area contributed by atoms with Gasteiger partial charge in [0.1, 0.15) is 11.8 Å². The van der Waals surface area contributed by atoms with Crippen LogP contribution in [0.15, 0.2) is 11.1 Å². The first-order valence-electron chi connectivity index (χ1n) is 7.37. The Bertz CT molecular complexity index is 644. The van der Waals surface area contributed by atoms with Crippen molar-refractivity contribution in [2.45, 2.75) is 26.2 Å². The Kier molecular flexibility index (Phi) is 3.64. The molecule has 0 radical (unpaired) electrons. The van der Waals surface area contributed by atoms with Crippen molar-refractivity contribution >= 4 is 11.8 Å². The molecule has 0 aliphatic carbocycles. The number of ether oxygens (including phenoxy) is 1. The van der Waals surface area contributed by atoms with E-state index in [1.54, 1.807) is 4.68 Å². The van der Waals surface area contributed by atoms with Crippen molar-refractivity contribution in [3.63, 3.8) is 0 Å². The van der Waals surface area contributed by atoms with Gasteiger partial charge in [-0.1, -0.05) is 13.0 Å². The van der Waals surface area contributed by atoms with Crippen LogP contribution in [0.2, 0.25) is 0 Å². The van der Waals surface area contributed by atoms with Crippen LogP contribution in [0.25, 0.3) is 5.57 Å². The standard InChI is InChI=1S/C16H20N4O/c1-16(10-21-11-16)6-5-13-15(12-4-3-7-18-9-12)14(8-17)20(2)19-13/h4,9H,3,5-7,10-11H2,1-2H3. The van der Waals surface area contributed by atoms with Gasteiger partial charge in [0.2, 0.25) is 0 Å². The predicted molar refractivity (Wildman–Crippen MR) is 81.1 cm³/mol. The largest absolute Gasteiger partial charge is 0.380 e. The highest BCUT2D eigenvalue weighted by atomic mass is 16.5. The highest BCUT2D eigenvalue weighted by molar-refractivity contribution is 6.11. The number of nitriles is 1. The zero-order valence-corrected chi connectivity index (χ0v) is 12.6. The molecule has 2 aliphatic rings. The van der Waals surface area contributed by atoms with Crippen molar-refractivity contribution in [1.29, 1.82) is 5.26 Å². The van der Waals surface area contributed by atoms with E-state index in [1.165, 1.54) is 0 Å². The molecule has 0 spiro atoms. The zero-order valence-electron chi connectivity index (χ0n) is 12.6. The molecule has 21 heavy (non-hydrogen) atoms. The molecule has 0 unspecified atom stereocenters. The van der Waals surface area contributed by atoms with E-state index in [0.717, 1.165) is 55.9 Å². The third kappa shape index (κ3) is 2.64. The van der Waals surface area contributed by atoms with Crippen LogP contribution >= 0.6 is 0 Å². The normalized spacial score (nSPS) is 19.8. The maximum atomic E-state index is 9.43. The van der Waals surface area contributed by atoms with E-state index in [1.807, 2.05) is 13.3 Å². The Morgan fingerprint density at radius 1 is 1.48 bits per heavy atom. The third-order valence-electron chi connectivity index (χ3n) is 4.23. The Hall–Kier alpha value is -1.93. The lowest BCUT2D eigenvalue weighted by Gasteiger charge is -2.38. The molecule has 0 bridgehead atoms. The maximum Gasteiger partial charge on any atom is 0.146 e. The first-order valence-corrected chi connectivity index (χ1v) is 7.37. The summed E-state index contributed by atoms with van der Waals surface area (Å²) in [7, 11) is 1.83. The zero-order chi connectivity index (χ0) is 14.9. The topological polar surface area (TPSA) is 63.2 Å². The van der Waals surface area contributed by atoms with Crippen LogP contribution in [0.3, 0.4) is 0 Å². The van der Waals surface area contributed by atoms with Gasteiger partial charge in [-0.25, -0.2) is 0 Å². The van der Waals surface area contributed by atoms with Gasteiger partial charge in [-0.3, -0.25) is 9.67 Å². The van der Waals surface area contributed by atoms with E-state index in [-0.39, 0.29) is 5.41 Å². The molecule has 2 aliphatic heterocycles. The van der Waals surface area contributed by atoms with E-state index >= 15 is 0 Å². The summed E-state index contributed by atoms with van der Waals surface area (Å²) in [6, 6.07) is 2.28. The molecule has 3 rings (SSSR count). The monoisotopic (exact) mass is 284 g/mol. The minimum Gasteiger partial charge on any atom is -0.380 e. The Morgan fingerprint density at radius 3 is 2.86 bits per heavy atom. The number of aromatic nitrogens is 2. The van der Waals surface area contributed by atoms with Gasteiger partial charge >= 0.3 is 0 Å². The summed E-state index contributed by atoms with van der Waals surface area (Å²) in [5, 5.41) is 14.0. The SMILES string of the molecule is Cn1nc(CCC2(C)COC2)c(C2=CCCN=C2)c1C#N. The second-order valence-electron chi connectivity index (χ2n) is 6.19. The molecule has 3 heterocycles. The summed E-state index contributed by atoms with van der Waals surface area (Å²) in [6.45, 7) is 4.72. The van der Waals surface area contributed by atoms with Crippen LogP contribution in [-0.2, 0) is 18.2 Å². The summed E-state index contributed by atoms with van der Waals surface area (Å²) in [6.07, 6.45) is 6.86. The number of hydrogen-bond donors (Lipinski definition) is 0. The lowest BCUT2D eigenvalue weighted by molar-refractivity contribution is -0.105. The molecule has 5 heteroatoms. The molecule has 1 fully saturated rings. The summed E-state index contributed by atoms with van der Waals surface area (Å²) in [5.41, 5.74) is 3.89. The van der Waals surface area contributed by atoms with Gasteiger partial charge in [0.05, 0.1) is 18.9 Å². The number of aliphatic imine (C=N–C) groups is 1. The number of allylic oxidation sites excluding steroid dienone is 1. The number of aryl methyl sites for hydroxylation is 2. The highest BCUT2D eigenvalue weighted by Crippen LogP contribution is 2.33. The van der Waals surface area contributed by atoms with Crippen LogP contribution < -0.4 is 0 Å². The number of dihydropyridines is 1. The Balaban J connectivity index is 1.90. The predicted octanol–water partition coefficient (Wildman–Crippen LogP) is 2.12. The van der Waals surface area contributed by atoms with Crippen LogP contribution in [-0.4, -0.2) is 35.8 Å². The molecule has 0 N–H and O–H groups in total. The van der Waals surface area contributed by atoms with Gasteiger partial charge in [-0.15, -0.1) is 0 Å². The van der Waals surface area contributed by atoms with E-state index in [0.29, 0.717) is 5.69 Å². The fourth-order valence-corrected chi connectivity index (χ4v) is 2.88. The van der Waals surface area contributed by atoms with Gasteiger partial charge in [0.15, 0.2) is 0 Å². The number of rotatable bonds is 4. The molecule has 110 valence electrons. The third-order valence-corrected chi connectivity index (χ3v) is 4.23. The lowest BCUT2D eigenvalue weighted by Crippen LogP contribution is -2.40. The smallest absolute Gasteiger partial charge is 0.146 e. The summed E-state index contributed by atoms with van der Waals surface area (Å²) in [5.74, 6) is 0. The van der Waals surface area contributed by atoms with Crippen molar-refractivity contribution in [1.82, 2.24) is 9.78 Å². The quantitative estimate of drug-likeness (QED) is 0.850.